The molecule has 1 atom stereocenters. The van der Waals surface area contributed by atoms with Crippen LogP contribution in [-0.4, -0.2) is 13.7 Å². The Morgan fingerprint density at radius 3 is 2.95 bits per heavy atom. The van der Waals surface area contributed by atoms with Crippen molar-refractivity contribution < 1.29 is 4.74 Å². The molecule has 1 aliphatic carbocycles. The monoisotopic (exact) mass is 287 g/mol. The van der Waals surface area contributed by atoms with Crippen LogP contribution in [0.4, 0.5) is 0 Å². The molecule has 1 N–H and O–H groups in total. The van der Waals surface area contributed by atoms with Crippen molar-refractivity contribution in [1.29, 1.82) is 0 Å². The SMILES string of the molecule is CCOc1cccc(C(NC)c2cc3c(s2)CCC3)c1. The molecule has 3 heteroatoms. The summed E-state index contributed by atoms with van der Waals surface area (Å²) in [4.78, 5) is 3.01. The Labute approximate surface area is 124 Å². The van der Waals surface area contributed by atoms with E-state index in [0.29, 0.717) is 6.61 Å². The summed E-state index contributed by atoms with van der Waals surface area (Å²) in [6.45, 7) is 2.73. The van der Waals surface area contributed by atoms with Crippen molar-refractivity contribution >= 4 is 11.3 Å². The first-order valence-electron chi connectivity index (χ1n) is 7.33. The minimum absolute atomic E-state index is 0.269. The van der Waals surface area contributed by atoms with Crippen molar-refractivity contribution in [3.63, 3.8) is 0 Å². The number of nitrogens with one attached hydrogen (secondary N) is 1. The molecule has 0 saturated heterocycles. The molecule has 1 aliphatic rings. The zero-order chi connectivity index (χ0) is 13.9. The van der Waals surface area contributed by atoms with Gasteiger partial charge in [0.05, 0.1) is 12.6 Å². The molecule has 0 saturated carbocycles. The molecule has 0 aliphatic heterocycles. The molecule has 1 unspecified atom stereocenters. The fourth-order valence-corrected chi connectivity index (χ4v) is 4.31. The Kier molecular flexibility index (Phi) is 4.08. The highest BCUT2D eigenvalue weighted by molar-refractivity contribution is 7.12. The third-order valence-corrected chi connectivity index (χ3v) is 5.14. The topological polar surface area (TPSA) is 21.3 Å². The third-order valence-electron chi connectivity index (χ3n) is 3.84. The van der Waals surface area contributed by atoms with Gasteiger partial charge < -0.3 is 10.1 Å². The molecule has 20 heavy (non-hydrogen) atoms. The molecule has 2 aromatic rings. The van der Waals surface area contributed by atoms with Crippen LogP contribution in [0.1, 0.15) is 40.3 Å². The van der Waals surface area contributed by atoms with Gasteiger partial charge in [0.2, 0.25) is 0 Å². The van der Waals surface area contributed by atoms with E-state index >= 15 is 0 Å². The summed E-state index contributed by atoms with van der Waals surface area (Å²) >= 11 is 1.97. The first kappa shape index (κ1) is 13.7. The number of fused-ring (bicyclic) bond motifs is 1. The van der Waals surface area contributed by atoms with Gasteiger partial charge in [0, 0.05) is 9.75 Å². The highest BCUT2D eigenvalue weighted by Crippen LogP contribution is 2.36. The van der Waals surface area contributed by atoms with Crippen LogP contribution in [0.3, 0.4) is 0 Å². The minimum atomic E-state index is 0.269. The standard InChI is InChI=1S/C17H21NOS/c1-3-19-14-8-4-7-13(10-14)17(18-2)16-11-12-6-5-9-15(12)20-16/h4,7-8,10-11,17-18H,3,5-6,9H2,1-2H3. The van der Waals surface area contributed by atoms with Crippen molar-refractivity contribution in [3.8, 4) is 5.75 Å². The Balaban J connectivity index is 1.90. The smallest absolute Gasteiger partial charge is 0.119 e. The number of thiophene rings is 1. The van der Waals surface area contributed by atoms with E-state index in [4.69, 9.17) is 4.74 Å². The summed E-state index contributed by atoms with van der Waals surface area (Å²) in [7, 11) is 2.03. The number of hydrogen-bond donors (Lipinski definition) is 1. The Hall–Kier alpha value is -1.32. The van der Waals surface area contributed by atoms with Gasteiger partial charge in [0.25, 0.3) is 0 Å². The second kappa shape index (κ2) is 5.98. The van der Waals surface area contributed by atoms with Crippen LogP contribution in [0.5, 0.6) is 5.75 Å². The molecule has 0 fully saturated rings. The summed E-state index contributed by atoms with van der Waals surface area (Å²) in [5, 5.41) is 3.45. The molecule has 0 bridgehead atoms. The Bertz CT molecular complexity index is 569. The van der Waals surface area contributed by atoms with Crippen molar-refractivity contribution in [2.75, 3.05) is 13.7 Å². The molecule has 1 heterocycles. The summed E-state index contributed by atoms with van der Waals surface area (Å²) in [6, 6.07) is 11.1. The average Bonchev–Trinajstić information content (AvgIpc) is 3.02. The molecule has 1 aromatic heterocycles. The zero-order valence-corrected chi connectivity index (χ0v) is 12.9. The van der Waals surface area contributed by atoms with Gasteiger partial charge in [-0.05, 0) is 62.6 Å². The number of rotatable bonds is 5. The molecule has 0 radical (unpaired) electrons. The molecule has 1 aromatic carbocycles. The second-order valence-electron chi connectivity index (χ2n) is 5.18. The molecular weight excluding hydrogens is 266 g/mol. The van der Waals surface area contributed by atoms with E-state index in [2.05, 4.69) is 29.6 Å². The van der Waals surface area contributed by atoms with Gasteiger partial charge in [-0.1, -0.05) is 12.1 Å². The van der Waals surface area contributed by atoms with Crippen molar-refractivity contribution in [2.45, 2.75) is 32.2 Å². The summed E-state index contributed by atoms with van der Waals surface area (Å²) in [5.74, 6) is 0.953. The van der Waals surface area contributed by atoms with Gasteiger partial charge in [0.15, 0.2) is 0 Å². The van der Waals surface area contributed by atoms with E-state index in [0.717, 1.165) is 5.75 Å². The van der Waals surface area contributed by atoms with Gasteiger partial charge in [-0.3, -0.25) is 0 Å². The summed E-state index contributed by atoms with van der Waals surface area (Å²) in [6.07, 6.45) is 3.84. The van der Waals surface area contributed by atoms with Crippen LogP contribution in [0.2, 0.25) is 0 Å². The fourth-order valence-electron chi connectivity index (χ4n) is 2.92. The molecule has 0 spiro atoms. The summed E-state index contributed by atoms with van der Waals surface area (Å²) in [5.41, 5.74) is 2.84. The third kappa shape index (κ3) is 2.60. The zero-order valence-electron chi connectivity index (χ0n) is 12.1. The Morgan fingerprint density at radius 2 is 2.20 bits per heavy atom. The molecule has 3 rings (SSSR count). The van der Waals surface area contributed by atoms with Crippen molar-refractivity contribution in [1.82, 2.24) is 5.32 Å². The van der Waals surface area contributed by atoms with Gasteiger partial charge in [-0.15, -0.1) is 11.3 Å². The number of hydrogen-bond acceptors (Lipinski definition) is 3. The van der Waals surface area contributed by atoms with E-state index in [1.54, 1.807) is 10.4 Å². The average molecular weight is 287 g/mol. The number of aryl methyl sites for hydroxylation is 2. The minimum Gasteiger partial charge on any atom is -0.494 e. The first-order chi connectivity index (χ1) is 9.81. The van der Waals surface area contributed by atoms with Gasteiger partial charge >= 0.3 is 0 Å². The van der Waals surface area contributed by atoms with Gasteiger partial charge in [-0.25, -0.2) is 0 Å². The van der Waals surface area contributed by atoms with E-state index in [-0.39, 0.29) is 6.04 Å². The predicted octanol–water partition coefficient (Wildman–Crippen LogP) is 3.94. The van der Waals surface area contributed by atoms with E-state index in [1.807, 2.05) is 31.4 Å². The lowest BCUT2D eigenvalue weighted by Crippen LogP contribution is -2.16. The van der Waals surface area contributed by atoms with Gasteiger partial charge in [0.1, 0.15) is 5.75 Å². The highest BCUT2D eigenvalue weighted by atomic mass is 32.1. The fraction of sp³-hybridized carbons (Fsp3) is 0.412. The predicted molar refractivity (Wildman–Crippen MR) is 84.9 cm³/mol. The maximum atomic E-state index is 5.61. The first-order valence-corrected chi connectivity index (χ1v) is 8.15. The normalized spacial score (nSPS) is 15.1. The molecule has 0 amide bonds. The van der Waals surface area contributed by atoms with E-state index in [1.165, 1.54) is 29.7 Å². The van der Waals surface area contributed by atoms with Crippen LogP contribution in [0, 0.1) is 0 Å². The van der Waals surface area contributed by atoms with Crippen molar-refractivity contribution in [2.24, 2.45) is 0 Å². The lowest BCUT2D eigenvalue weighted by molar-refractivity contribution is 0.339. The summed E-state index contributed by atoms with van der Waals surface area (Å²) < 4.78 is 5.61. The van der Waals surface area contributed by atoms with Crippen LogP contribution in [0.25, 0.3) is 0 Å². The van der Waals surface area contributed by atoms with Crippen molar-refractivity contribution in [3.05, 3.63) is 51.2 Å². The molecule has 106 valence electrons. The van der Waals surface area contributed by atoms with Crippen LogP contribution in [0.15, 0.2) is 30.3 Å². The lowest BCUT2D eigenvalue weighted by Gasteiger charge is -2.16. The maximum Gasteiger partial charge on any atom is 0.119 e. The molecule has 2 nitrogen and oxygen atoms in total. The maximum absolute atomic E-state index is 5.61. The van der Waals surface area contributed by atoms with E-state index in [9.17, 15) is 0 Å². The van der Waals surface area contributed by atoms with Crippen LogP contribution in [-0.2, 0) is 12.8 Å². The number of benzene rings is 1. The van der Waals surface area contributed by atoms with Crippen LogP contribution >= 0.6 is 11.3 Å². The molecular formula is C17H21NOS. The lowest BCUT2D eigenvalue weighted by atomic mass is 10.0. The Morgan fingerprint density at radius 1 is 1.30 bits per heavy atom. The quantitative estimate of drug-likeness (QED) is 0.899. The largest absolute Gasteiger partial charge is 0.494 e. The van der Waals surface area contributed by atoms with E-state index < -0.39 is 0 Å². The van der Waals surface area contributed by atoms with Gasteiger partial charge in [-0.2, -0.15) is 0 Å². The van der Waals surface area contributed by atoms with Crippen LogP contribution < -0.4 is 10.1 Å². The number of ether oxygens (including phenoxy) is 1. The second-order valence-corrected chi connectivity index (χ2v) is 6.35. The highest BCUT2D eigenvalue weighted by Gasteiger charge is 2.20.